The van der Waals surface area contributed by atoms with Gasteiger partial charge in [-0.05, 0) is 171 Å². The second kappa shape index (κ2) is 37.6. The molecule has 17 rings (SSSR count). The highest BCUT2D eigenvalue weighted by Gasteiger charge is 2.36. The van der Waals surface area contributed by atoms with E-state index >= 15 is 0 Å². The molecule has 0 spiro atoms. The molecule has 4 saturated heterocycles. The maximum absolute atomic E-state index is 13.3. The molecule has 4 aliphatic rings. The van der Waals surface area contributed by atoms with E-state index in [1.54, 1.807) is 150 Å². The van der Waals surface area contributed by atoms with Gasteiger partial charge in [-0.1, -0.05) is 99.5 Å². The van der Waals surface area contributed by atoms with E-state index in [9.17, 15) is 39.6 Å². The summed E-state index contributed by atoms with van der Waals surface area (Å²) in [7, 11) is -5.41. The van der Waals surface area contributed by atoms with Gasteiger partial charge in [0.2, 0.25) is 11.8 Å². The quantitative estimate of drug-likeness (QED) is 0.0473. The molecule has 0 bridgehead atoms. The lowest BCUT2D eigenvalue weighted by Gasteiger charge is -2.26. The van der Waals surface area contributed by atoms with Gasteiger partial charge in [-0.15, -0.1) is 0 Å². The zero-order chi connectivity index (χ0) is 88.1. The maximum atomic E-state index is 13.3. The van der Waals surface area contributed by atoms with Crippen molar-refractivity contribution >= 4 is 173 Å². The van der Waals surface area contributed by atoms with Crippen molar-refractivity contribution in [3.63, 3.8) is 0 Å². The van der Waals surface area contributed by atoms with E-state index in [0.717, 1.165) is 89.2 Å². The van der Waals surface area contributed by atoms with Crippen LogP contribution in [-0.2, 0) is 44.4 Å². The maximum Gasteiger partial charge on any atom is 0.410 e. The number of halogens is 4. The molecular formula is C85H94Cl4N22O10S3. The first kappa shape index (κ1) is 88.9. The van der Waals surface area contributed by atoms with Crippen LogP contribution in [-0.4, -0.2) is 231 Å². The van der Waals surface area contributed by atoms with Gasteiger partial charge < -0.3 is 60.4 Å². The topological polar surface area (TPSA) is 364 Å². The molecule has 4 fully saturated rings. The Morgan fingerprint density at radius 1 is 0.468 bits per heavy atom. The number of hydrogen-bond acceptors (Lipinski definition) is 25. The normalized spacial score (nSPS) is 16.6. The van der Waals surface area contributed by atoms with Crippen LogP contribution in [0.3, 0.4) is 0 Å². The van der Waals surface area contributed by atoms with Gasteiger partial charge in [-0.25, -0.2) is 81.8 Å². The second-order valence-electron chi connectivity index (χ2n) is 31.7. The Bertz CT molecular complexity index is 6390. The lowest BCUT2D eigenvalue weighted by atomic mass is 10.2. The molecule has 12 heterocycles. The summed E-state index contributed by atoms with van der Waals surface area (Å²) in [5, 5.41) is 17.8. The number of nitrogens with zero attached hydrogens (tertiary/aromatic N) is 17. The summed E-state index contributed by atoms with van der Waals surface area (Å²) < 4.78 is 88.0. The van der Waals surface area contributed by atoms with Gasteiger partial charge in [0.25, 0.3) is 30.1 Å². The van der Waals surface area contributed by atoms with Crippen molar-refractivity contribution in [2.45, 2.75) is 112 Å². The molecule has 5 N–H and O–H groups in total. The number of rotatable bonds is 20. The lowest BCUT2D eigenvalue weighted by molar-refractivity contribution is -0.129. The minimum atomic E-state index is -3.82. The highest BCUT2D eigenvalue weighted by Crippen LogP contribution is 2.35. The molecule has 39 heteroatoms. The Hall–Kier alpha value is -11.4. The number of nitrogens with one attached hydrogen (secondary N) is 5. The fourth-order valence-corrected chi connectivity index (χ4v) is 20.1. The predicted octanol–water partition coefficient (Wildman–Crippen LogP) is 13.0. The predicted molar refractivity (Wildman–Crippen MR) is 484 cm³/mol. The van der Waals surface area contributed by atoms with E-state index < -0.39 is 35.7 Å². The first-order valence-electron chi connectivity index (χ1n) is 40.0. The van der Waals surface area contributed by atoms with Crippen LogP contribution in [0, 0.1) is 20.8 Å². The molecule has 4 aliphatic heterocycles. The van der Waals surface area contributed by atoms with Gasteiger partial charge in [0, 0.05) is 147 Å². The molecule has 0 radical (unpaired) electrons. The number of anilines is 6. The number of H-pyrrole nitrogens is 1. The average Bonchev–Trinajstić information content (AvgIpc) is 1.48. The molecule has 650 valence electrons. The third kappa shape index (κ3) is 20.2. The molecule has 0 unspecified atom stereocenters. The van der Waals surface area contributed by atoms with Crippen LogP contribution in [0.4, 0.5) is 39.4 Å². The number of ether oxygens (including phenoxy) is 1. The minimum absolute atomic E-state index is 0.00900. The number of aromatic amines is 1. The van der Waals surface area contributed by atoms with Crippen LogP contribution < -0.4 is 36.0 Å². The summed E-state index contributed by atoms with van der Waals surface area (Å²) in [6.45, 7) is 17.0. The van der Waals surface area contributed by atoms with Crippen LogP contribution in [0.1, 0.15) is 63.1 Å². The fraction of sp³-hybridized carbons (Fsp3) is 0.329. The van der Waals surface area contributed by atoms with Gasteiger partial charge in [-0.2, -0.15) is 0 Å². The Balaban J connectivity index is 0.000000136. The average molecular weight is 1820 g/mol. The highest BCUT2D eigenvalue weighted by atomic mass is 35.5. The summed E-state index contributed by atoms with van der Waals surface area (Å²) in [4.78, 5) is 87.7. The van der Waals surface area contributed by atoms with Crippen molar-refractivity contribution in [3.8, 4) is 0 Å². The summed E-state index contributed by atoms with van der Waals surface area (Å²) in [6.07, 6.45) is 15.2. The zero-order valence-corrected chi connectivity index (χ0v) is 74.9. The van der Waals surface area contributed by atoms with Gasteiger partial charge in [0.15, 0.2) is 16.9 Å². The van der Waals surface area contributed by atoms with Crippen LogP contribution in [0.25, 0.3) is 44.1 Å². The van der Waals surface area contributed by atoms with Gasteiger partial charge in [-0.3, -0.25) is 9.59 Å². The molecule has 124 heavy (non-hydrogen) atoms. The Labute approximate surface area is 738 Å². The van der Waals surface area contributed by atoms with E-state index in [2.05, 4.69) is 75.9 Å². The zero-order valence-electron chi connectivity index (χ0n) is 69.5. The minimum Gasteiger partial charge on any atom is -0.444 e. The summed E-state index contributed by atoms with van der Waals surface area (Å²) in [6, 6.07) is 38.1. The van der Waals surface area contributed by atoms with Crippen LogP contribution in [0.5, 0.6) is 0 Å². The highest BCUT2D eigenvalue weighted by molar-refractivity contribution is 7.90. The molecule has 3 amide bonds. The van der Waals surface area contributed by atoms with Crippen molar-refractivity contribution in [2.24, 2.45) is 0 Å². The summed E-state index contributed by atoms with van der Waals surface area (Å²) >= 11 is 24.1. The van der Waals surface area contributed by atoms with Crippen molar-refractivity contribution in [1.29, 1.82) is 0 Å². The van der Waals surface area contributed by atoms with Crippen LogP contribution in [0.15, 0.2) is 198 Å². The standard InChI is InChI=1S/C26H26Cl2N6O3S.C22H27N5O4S.C19H20Cl2N6O.C18H21N5O2S/c1-17-3-5-22(6-4-17)38(36,37)34-10-8-23-25(30-16-31-26(23)34)32(2)21-7-9-33(15-21)24(35)14-29-20-12-18(27)11-19(28)13-20;1-15-5-7-17(8-6-15)32(29,30)27-12-10-18-19(23-14-24-20(18)27)25-16-9-11-26(13-16)21(28)31-22(2,3)4;1-26(19-16-2-4-22-18(16)24-11-25-19)15-3-5-27(10-15)17(28)9-23-14-7-12(20)6-13(21)8-14;1-13-3-5-15(6-4-13)26(24,25)23-10-8-16-17(20-12-21-18(16)23)22(2)14-7-9-19-11-14/h3-6,8,10-13,16,21,29H,7,9,14-15H2,1-2H3;5-8,10,12,14,16H,9,11,13H2,1-4H3,(H,23,24,25);2,4,6-8,11,15,23H,3,5,9-10H2,1H3,(H,22,24,25);3-6,8,10,12,14,19H,7,9,11H2,1-2H3/t21-;16-;15-;14-/m1111/s1. The molecule has 4 atom stereocenters. The number of likely N-dealkylation sites (tertiary alicyclic amines) is 3. The Kier molecular flexibility index (Phi) is 26.9. The number of fused-ring (bicyclic) bond motifs is 4. The van der Waals surface area contributed by atoms with E-state index in [1.807, 2.05) is 84.7 Å². The third-order valence-electron chi connectivity index (χ3n) is 21.9. The molecular weight excluding hydrogens is 1730 g/mol. The second-order valence-corrected chi connectivity index (χ2v) is 38.9. The van der Waals surface area contributed by atoms with E-state index in [4.69, 9.17) is 51.1 Å². The molecule has 0 aliphatic carbocycles. The van der Waals surface area contributed by atoms with Crippen LogP contribution >= 0.6 is 46.4 Å². The molecule has 8 aromatic heterocycles. The van der Waals surface area contributed by atoms with Crippen LogP contribution in [0.2, 0.25) is 20.1 Å². The van der Waals surface area contributed by atoms with Gasteiger partial charge >= 0.3 is 6.09 Å². The van der Waals surface area contributed by atoms with Crippen molar-refractivity contribution in [2.75, 3.05) is 117 Å². The van der Waals surface area contributed by atoms with Crippen molar-refractivity contribution < 1.29 is 44.4 Å². The van der Waals surface area contributed by atoms with E-state index in [1.165, 1.54) is 43.3 Å². The number of amides is 3. The first-order chi connectivity index (χ1) is 59.2. The Morgan fingerprint density at radius 3 is 1.29 bits per heavy atom. The third-order valence-corrected chi connectivity index (χ3v) is 27.8. The van der Waals surface area contributed by atoms with Gasteiger partial charge in [0.1, 0.15) is 59.8 Å². The number of aromatic nitrogens is 12. The largest absolute Gasteiger partial charge is 0.444 e. The number of hydrogen-bond donors (Lipinski definition) is 5. The van der Waals surface area contributed by atoms with Crippen molar-refractivity contribution in [1.82, 2.24) is 76.8 Å². The number of carbonyl (C=O) groups excluding carboxylic acids is 3. The first-order valence-corrected chi connectivity index (χ1v) is 45.8. The van der Waals surface area contributed by atoms with E-state index in [0.29, 0.717) is 110 Å². The SMILES string of the molecule is CN(c1ncnc2[nH]ccc12)[C@@H]1CCN(C(=O)CNc2cc(Cl)cc(Cl)c2)C1.Cc1ccc(S(=O)(=O)n2ccc3c(N(C)[C@@H]4CCN(C(=O)CNc5cc(Cl)cc(Cl)c5)C4)ncnc32)cc1.Cc1ccc(S(=O)(=O)n2ccc3c(N(C)[C@@H]4CCNC4)ncnc32)cc1.Cc1ccc(S(=O)(=O)n2ccc3c(N[C@@H]4CCN(C(=O)OC(C)(C)C)C4)ncnc32)cc1. The number of likely N-dealkylation sites (N-methyl/N-ethyl adjacent to an activating group) is 3. The molecule has 0 saturated carbocycles. The lowest BCUT2D eigenvalue weighted by Crippen LogP contribution is -2.39. The monoisotopic (exact) mass is 1820 g/mol. The van der Waals surface area contributed by atoms with E-state index in [-0.39, 0.29) is 63.8 Å². The molecule has 32 nitrogen and oxygen atoms in total. The number of aryl methyl sites for hydroxylation is 3. The Morgan fingerprint density at radius 2 is 0.863 bits per heavy atom. The van der Waals surface area contributed by atoms with Gasteiger partial charge in [0.05, 0.1) is 49.3 Å². The number of carbonyl (C=O) groups is 3. The van der Waals surface area contributed by atoms with Crippen molar-refractivity contribution in [3.05, 3.63) is 220 Å². The fourth-order valence-electron chi connectivity index (χ4n) is 15.1. The molecule has 13 aromatic rings. The molecule has 5 aromatic carbocycles. The smallest absolute Gasteiger partial charge is 0.410 e. The summed E-state index contributed by atoms with van der Waals surface area (Å²) in [5.41, 5.74) is 5.63. The number of benzene rings is 5. The summed E-state index contributed by atoms with van der Waals surface area (Å²) in [5.74, 6) is 2.77.